The van der Waals surface area contributed by atoms with Crippen LogP contribution in [0.1, 0.15) is 11.1 Å². The van der Waals surface area contributed by atoms with Gasteiger partial charge in [-0.05, 0) is 41.5 Å². The maximum absolute atomic E-state index is 10.2. The Morgan fingerprint density at radius 3 is 2.60 bits per heavy atom. The molecular formula is C21H17N3O. The summed E-state index contributed by atoms with van der Waals surface area (Å²) in [7, 11) is 0. The van der Waals surface area contributed by atoms with Crippen LogP contribution in [0.15, 0.2) is 71.8 Å². The lowest BCUT2D eigenvalue weighted by atomic mass is 10.0. The van der Waals surface area contributed by atoms with Crippen LogP contribution in [-0.2, 0) is 0 Å². The molecule has 0 saturated heterocycles. The number of nitrogens with zero attached hydrogens (tertiary/aromatic N) is 2. The second kappa shape index (κ2) is 6.24. The van der Waals surface area contributed by atoms with Gasteiger partial charge in [0.05, 0.1) is 11.7 Å². The van der Waals surface area contributed by atoms with Gasteiger partial charge in [-0.15, -0.1) is 0 Å². The number of nitrogens with one attached hydrogen (secondary N) is 1. The largest absolute Gasteiger partial charge is 0.507 e. The van der Waals surface area contributed by atoms with Crippen molar-refractivity contribution in [2.45, 2.75) is 6.92 Å². The van der Waals surface area contributed by atoms with E-state index in [2.05, 4.69) is 28.5 Å². The van der Waals surface area contributed by atoms with Gasteiger partial charge in [0.15, 0.2) is 0 Å². The van der Waals surface area contributed by atoms with Crippen molar-refractivity contribution in [3.63, 3.8) is 0 Å². The van der Waals surface area contributed by atoms with Crippen molar-refractivity contribution < 1.29 is 5.11 Å². The molecule has 3 aromatic carbocycles. The molecule has 0 unspecified atom stereocenters. The summed E-state index contributed by atoms with van der Waals surface area (Å²) in [5.41, 5.74) is 5.71. The van der Waals surface area contributed by atoms with Crippen molar-refractivity contribution in [2.75, 3.05) is 5.43 Å². The maximum Gasteiger partial charge on any atom is 0.147 e. The number of benzene rings is 3. The lowest BCUT2D eigenvalue weighted by Gasteiger charge is -2.07. The Morgan fingerprint density at radius 2 is 1.72 bits per heavy atom. The molecule has 25 heavy (non-hydrogen) atoms. The number of phenols is 1. The quantitative estimate of drug-likeness (QED) is 0.418. The Labute approximate surface area is 145 Å². The molecule has 1 aromatic heterocycles. The number of hydrogen-bond acceptors (Lipinski definition) is 4. The smallest absolute Gasteiger partial charge is 0.147 e. The SMILES string of the molecule is Cc1cc(N/N=C/c2c(O)ccc3ccccc23)nc2ccccc12. The molecule has 0 spiro atoms. The van der Waals surface area contributed by atoms with Gasteiger partial charge in [0.25, 0.3) is 0 Å². The van der Waals surface area contributed by atoms with Crippen molar-refractivity contribution in [2.24, 2.45) is 5.10 Å². The highest BCUT2D eigenvalue weighted by Gasteiger charge is 2.05. The summed E-state index contributed by atoms with van der Waals surface area (Å²) in [4.78, 5) is 4.56. The van der Waals surface area contributed by atoms with Crippen molar-refractivity contribution in [3.05, 3.63) is 77.9 Å². The van der Waals surface area contributed by atoms with E-state index >= 15 is 0 Å². The molecule has 0 amide bonds. The molecule has 0 aliphatic rings. The summed E-state index contributed by atoms with van der Waals surface area (Å²) in [5.74, 6) is 0.874. The summed E-state index contributed by atoms with van der Waals surface area (Å²) in [6.07, 6.45) is 1.63. The third kappa shape index (κ3) is 2.90. The van der Waals surface area contributed by atoms with Crippen LogP contribution in [0.2, 0.25) is 0 Å². The fraction of sp³-hybridized carbons (Fsp3) is 0.0476. The second-order valence-corrected chi connectivity index (χ2v) is 5.93. The summed E-state index contributed by atoms with van der Waals surface area (Å²) >= 11 is 0. The highest BCUT2D eigenvalue weighted by Crippen LogP contribution is 2.25. The topological polar surface area (TPSA) is 57.5 Å². The van der Waals surface area contributed by atoms with Crippen LogP contribution in [0.5, 0.6) is 5.75 Å². The van der Waals surface area contributed by atoms with Gasteiger partial charge in [-0.2, -0.15) is 5.10 Å². The normalized spacial score (nSPS) is 11.4. The van der Waals surface area contributed by atoms with Crippen LogP contribution < -0.4 is 5.43 Å². The van der Waals surface area contributed by atoms with Crippen molar-refractivity contribution in [1.82, 2.24) is 4.98 Å². The Bertz CT molecular complexity index is 1100. The molecule has 0 radical (unpaired) electrons. The molecule has 2 N–H and O–H groups in total. The van der Waals surface area contributed by atoms with Crippen LogP contribution in [0.4, 0.5) is 5.82 Å². The number of hydrazone groups is 1. The number of anilines is 1. The lowest BCUT2D eigenvalue weighted by molar-refractivity contribution is 0.475. The molecule has 0 aliphatic carbocycles. The average Bonchev–Trinajstić information content (AvgIpc) is 2.64. The highest BCUT2D eigenvalue weighted by molar-refractivity contribution is 6.02. The number of pyridine rings is 1. The Morgan fingerprint density at radius 1 is 0.960 bits per heavy atom. The van der Waals surface area contributed by atoms with E-state index in [0.717, 1.165) is 27.2 Å². The molecular weight excluding hydrogens is 310 g/mol. The highest BCUT2D eigenvalue weighted by atomic mass is 16.3. The monoisotopic (exact) mass is 327 g/mol. The molecule has 4 aromatic rings. The number of para-hydroxylation sites is 1. The zero-order valence-electron chi connectivity index (χ0n) is 13.8. The zero-order chi connectivity index (χ0) is 17.2. The van der Waals surface area contributed by atoms with E-state index in [9.17, 15) is 5.11 Å². The number of fused-ring (bicyclic) bond motifs is 2. The predicted octanol–water partition coefficient (Wildman–Crippen LogP) is 4.85. The number of aryl methyl sites for hydroxylation is 1. The maximum atomic E-state index is 10.2. The van der Waals surface area contributed by atoms with Gasteiger partial charge in [0, 0.05) is 10.9 Å². The number of aromatic nitrogens is 1. The van der Waals surface area contributed by atoms with Crippen molar-refractivity contribution >= 4 is 33.7 Å². The summed E-state index contributed by atoms with van der Waals surface area (Å²) in [6, 6.07) is 21.4. The van der Waals surface area contributed by atoms with E-state index in [1.54, 1.807) is 12.3 Å². The van der Waals surface area contributed by atoms with Gasteiger partial charge in [0.2, 0.25) is 0 Å². The van der Waals surface area contributed by atoms with Gasteiger partial charge >= 0.3 is 0 Å². The number of phenolic OH excluding ortho intramolecular Hbond substituents is 1. The molecule has 0 fully saturated rings. The molecule has 122 valence electrons. The number of aromatic hydroxyl groups is 1. The summed E-state index contributed by atoms with van der Waals surface area (Å²) in [5, 5.41) is 17.6. The van der Waals surface area contributed by atoms with E-state index in [4.69, 9.17) is 0 Å². The van der Waals surface area contributed by atoms with Crippen molar-refractivity contribution in [1.29, 1.82) is 0 Å². The van der Waals surface area contributed by atoms with Crippen molar-refractivity contribution in [3.8, 4) is 5.75 Å². The van der Waals surface area contributed by atoms with E-state index in [0.29, 0.717) is 11.4 Å². The molecule has 4 rings (SSSR count). The third-order valence-electron chi connectivity index (χ3n) is 4.24. The second-order valence-electron chi connectivity index (χ2n) is 5.93. The van der Waals surface area contributed by atoms with Crippen LogP contribution >= 0.6 is 0 Å². The Kier molecular flexibility index (Phi) is 3.78. The molecule has 0 saturated carbocycles. The van der Waals surface area contributed by atoms with Crippen LogP contribution in [0.3, 0.4) is 0 Å². The first-order chi connectivity index (χ1) is 12.2. The van der Waals surface area contributed by atoms with Crippen LogP contribution in [-0.4, -0.2) is 16.3 Å². The number of hydrogen-bond donors (Lipinski definition) is 2. The first-order valence-electron chi connectivity index (χ1n) is 8.08. The Balaban J connectivity index is 1.67. The summed E-state index contributed by atoms with van der Waals surface area (Å²) in [6.45, 7) is 2.05. The van der Waals surface area contributed by atoms with Gasteiger partial charge in [-0.3, -0.25) is 5.43 Å². The van der Waals surface area contributed by atoms with Gasteiger partial charge in [-0.1, -0.05) is 48.5 Å². The molecule has 4 heteroatoms. The lowest BCUT2D eigenvalue weighted by Crippen LogP contribution is -1.96. The molecule has 1 heterocycles. The first-order valence-corrected chi connectivity index (χ1v) is 8.08. The van der Waals surface area contributed by atoms with E-state index in [-0.39, 0.29) is 5.75 Å². The minimum absolute atomic E-state index is 0.201. The minimum Gasteiger partial charge on any atom is -0.507 e. The predicted molar refractivity (Wildman–Crippen MR) is 103 cm³/mol. The summed E-state index contributed by atoms with van der Waals surface area (Å²) < 4.78 is 0. The standard InChI is InChI=1S/C21H17N3O/c1-14-12-21(23-19-9-5-4-7-16(14)19)24-22-13-18-17-8-3-2-6-15(17)10-11-20(18)25/h2-13,25H,1H3,(H,23,24)/b22-13+. The van der Waals surface area contributed by atoms with Gasteiger partial charge in [0.1, 0.15) is 11.6 Å². The number of rotatable bonds is 3. The molecule has 4 nitrogen and oxygen atoms in total. The van der Waals surface area contributed by atoms with Crippen LogP contribution in [0, 0.1) is 6.92 Å². The third-order valence-corrected chi connectivity index (χ3v) is 4.24. The minimum atomic E-state index is 0.201. The van der Waals surface area contributed by atoms with Gasteiger partial charge < -0.3 is 5.11 Å². The fourth-order valence-corrected chi connectivity index (χ4v) is 2.99. The molecule has 0 bridgehead atoms. The average molecular weight is 327 g/mol. The first kappa shape index (κ1) is 15.1. The van der Waals surface area contributed by atoms with E-state index in [1.807, 2.05) is 54.6 Å². The zero-order valence-corrected chi connectivity index (χ0v) is 13.8. The van der Waals surface area contributed by atoms with Crippen LogP contribution in [0.25, 0.3) is 21.7 Å². The van der Waals surface area contributed by atoms with Gasteiger partial charge in [-0.25, -0.2) is 4.98 Å². The molecule has 0 aliphatic heterocycles. The molecule has 0 atom stereocenters. The fourth-order valence-electron chi connectivity index (χ4n) is 2.99. The van der Waals surface area contributed by atoms with E-state index in [1.165, 1.54) is 0 Å². The Hall–Kier alpha value is -3.40. The van der Waals surface area contributed by atoms with E-state index < -0.39 is 0 Å².